The minimum absolute atomic E-state index is 0.313. The topological polar surface area (TPSA) is 39.6 Å². The third-order valence-corrected chi connectivity index (χ3v) is 1.90. The number of benzene rings is 1. The molecule has 0 saturated heterocycles. The maximum Gasteiger partial charge on any atom is 0.132 e. The molecule has 0 bridgehead atoms. The summed E-state index contributed by atoms with van der Waals surface area (Å²) in [4.78, 5) is 2.73. The molecule has 67 valence electrons. The van der Waals surface area contributed by atoms with Crippen LogP contribution in [0.4, 0.5) is 4.39 Å². The SMILES string of the molecule is N#Cc1[c][nH]c(-c2ccccc2F)c1. The number of halogens is 1. The molecular weight excluding hydrogens is 179 g/mol. The van der Waals surface area contributed by atoms with Crippen LogP contribution in [0, 0.1) is 23.3 Å². The van der Waals surface area contributed by atoms with Gasteiger partial charge in [0.05, 0.1) is 17.5 Å². The lowest BCUT2D eigenvalue weighted by Crippen LogP contribution is -1.82. The lowest BCUT2D eigenvalue weighted by atomic mass is 10.1. The van der Waals surface area contributed by atoms with E-state index in [0.29, 0.717) is 16.8 Å². The van der Waals surface area contributed by atoms with Gasteiger partial charge in [0.15, 0.2) is 0 Å². The van der Waals surface area contributed by atoms with E-state index < -0.39 is 0 Å². The van der Waals surface area contributed by atoms with Gasteiger partial charge in [-0.2, -0.15) is 5.26 Å². The average molecular weight is 185 g/mol. The molecule has 0 atom stereocenters. The van der Waals surface area contributed by atoms with E-state index in [4.69, 9.17) is 5.26 Å². The molecule has 0 unspecified atom stereocenters. The number of aromatic nitrogens is 1. The second-order valence-electron chi connectivity index (χ2n) is 2.81. The fourth-order valence-corrected chi connectivity index (χ4v) is 1.24. The molecule has 0 aliphatic heterocycles. The minimum Gasteiger partial charge on any atom is -0.352 e. The summed E-state index contributed by atoms with van der Waals surface area (Å²) < 4.78 is 13.3. The monoisotopic (exact) mass is 185 g/mol. The molecule has 0 aliphatic rings. The van der Waals surface area contributed by atoms with Crippen molar-refractivity contribution >= 4 is 0 Å². The van der Waals surface area contributed by atoms with Crippen LogP contribution in [0.2, 0.25) is 0 Å². The molecule has 3 heteroatoms. The molecule has 0 aliphatic carbocycles. The van der Waals surface area contributed by atoms with Gasteiger partial charge in [0.25, 0.3) is 0 Å². The molecular formula is C11H6FN2. The highest BCUT2D eigenvalue weighted by molar-refractivity contribution is 5.61. The van der Waals surface area contributed by atoms with Crippen molar-refractivity contribution in [2.24, 2.45) is 0 Å². The third kappa shape index (κ3) is 1.38. The first-order valence-corrected chi connectivity index (χ1v) is 4.07. The van der Waals surface area contributed by atoms with E-state index in [9.17, 15) is 4.39 Å². The second-order valence-corrected chi connectivity index (χ2v) is 2.81. The van der Waals surface area contributed by atoms with Crippen LogP contribution in [0.15, 0.2) is 30.3 Å². The Balaban J connectivity index is 2.51. The van der Waals surface area contributed by atoms with Crippen LogP contribution in [0.1, 0.15) is 5.56 Å². The van der Waals surface area contributed by atoms with Gasteiger partial charge in [0.2, 0.25) is 0 Å². The van der Waals surface area contributed by atoms with Gasteiger partial charge in [-0.05, 0) is 18.2 Å². The number of rotatable bonds is 1. The van der Waals surface area contributed by atoms with E-state index in [1.165, 1.54) is 6.07 Å². The molecule has 2 aromatic rings. The van der Waals surface area contributed by atoms with Gasteiger partial charge in [-0.15, -0.1) is 0 Å². The first-order chi connectivity index (χ1) is 6.81. The molecule has 0 fully saturated rings. The van der Waals surface area contributed by atoms with Crippen LogP contribution in [0.5, 0.6) is 0 Å². The molecule has 0 amide bonds. The summed E-state index contributed by atoms with van der Waals surface area (Å²) in [6.07, 6.45) is 2.63. The number of nitriles is 1. The molecule has 1 aromatic heterocycles. The molecule has 1 radical (unpaired) electrons. The van der Waals surface area contributed by atoms with Crippen molar-refractivity contribution in [3.8, 4) is 17.3 Å². The van der Waals surface area contributed by atoms with Crippen molar-refractivity contribution in [2.45, 2.75) is 0 Å². The summed E-state index contributed by atoms with van der Waals surface area (Å²) in [5.74, 6) is -0.313. The highest BCUT2D eigenvalue weighted by Gasteiger charge is 2.06. The minimum atomic E-state index is -0.313. The first kappa shape index (κ1) is 8.52. The maximum absolute atomic E-state index is 13.3. The number of nitrogens with zero attached hydrogens (tertiary/aromatic N) is 1. The molecule has 0 saturated carbocycles. The number of H-pyrrole nitrogens is 1. The fourth-order valence-electron chi connectivity index (χ4n) is 1.24. The third-order valence-electron chi connectivity index (χ3n) is 1.90. The zero-order valence-electron chi connectivity index (χ0n) is 7.21. The Labute approximate surface area is 80.6 Å². The van der Waals surface area contributed by atoms with Gasteiger partial charge in [0.1, 0.15) is 11.9 Å². The summed E-state index contributed by atoms with van der Waals surface area (Å²) in [7, 11) is 0. The molecule has 2 nitrogen and oxygen atoms in total. The lowest BCUT2D eigenvalue weighted by molar-refractivity contribution is 0.631. The number of hydrogen-bond acceptors (Lipinski definition) is 1. The van der Waals surface area contributed by atoms with Crippen molar-refractivity contribution in [3.63, 3.8) is 0 Å². The van der Waals surface area contributed by atoms with Crippen molar-refractivity contribution in [1.29, 1.82) is 5.26 Å². The molecule has 2 rings (SSSR count). The van der Waals surface area contributed by atoms with E-state index in [1.807, 2.05) is 6.07 Å². The van der Waals surface area contributed by atoms with Crippen molar-refractivity contribution in [3.05, 3.63) is 47.9 Å². The first-order valence-electron chi connectivity index (χ1n) is 4.07. The summed E-state index contributed by atoms with van der Waals surface area (Å²) in [6.45, 7) is 0. The van der Waals surface area contributed by atoms with Gasteiger partial charge < -0.3 is 4.98 Å². The van der Waals surface area contributed by atoms with E-state index in [2.05, 4.69) is 11.2 Å². The van der Waals surface area contributed by atoms with Gasteiger partial charge in [-0.25, -0.2) is 4.39 Å². The Kier molecular flexibility index (Phi) is 2.04. The Morgan fingerprint density at radius 2 is 2.14 bits per heavy atom. The van der Waals surface area contributed by atoms with Crippen LogP contribution in [0.25, 0.3) is 11.3 Å². The van der Waals surface area contributed by atoms with E-state index in [1.54, 1.807) is 24.3 Å². The normalized spacial score (nSPS) is 9.71. The highest BCUT2D eigenvalue weighted by Crippen LogP contribution is 2.21. The van der Waals surface area contributed by atoms with Gasteiger partial charge in [-0.1, -0.05) is 12.1 Å². The Morgan fingerprint density at radius 3 is 2.79 bits per heavy atom. The second kappa shape index (κ2) is 3.35. The van der Waals surface area contributed by atoms with Crippen molar-refractivity contribution in [2.75, 3.05) is 0 Å². The number of hydrogen-bond donors (Lipinski definition) is 1. The van der Waals surface area contributed by atoms with Crippen LogP contribution in [0.3, 0.4) is 0 Å². The lowest BCUT2D eigenvalue weighted by Gasteiger charge is -1.97. The zero-order chi connectivity index (χ0) is 9.97. The largest absolute Gasteiger partial charge is 0.352 e. The van der Waals surface area contributed by atoms with Gasteiger partial charge in [-0.3, -0.25) is 0 Å². The predicted molar refractivity (Wildman–Crippen MR) is 49.7 cm³/mol. The highest BCUT2D eigenvalue weighted by atomic mass is 19.1. The van der Waals surface area contributed by atoms with Crippen molar-refractivity contribution in [1.82, 2.24) is 4.98 Å². The smallest absolute Gasteiger partial charge is 0.132 e. The van der Waals surface area contributed by atoms with Crippen LogP contribution in [-0.4, -0.2) is 4.98 Å². The molecule has 1 heterocycles. The maximum atomic E-state index is 13.3. The Morgan fingerprint density at radius 1 is 1.36 bits per heavy atom. The number of nitrogens with one attached hydrogen (secondary N) is 1. The van der Waals surface area contributed by atoms with Crippen molar-refractivity contribution < 1.29 is 4.39 Å². The van der Waals surface area contributed by atoms with Crippen LogP contribution in [-0.2, 0) is 0 Å². The fraction of sp³-hybridized carbons (Fsp3) is 0. The summed E-state index contributed by atoms with van der Waals surface area (Å²) >= 11 is 0. The Hall–Kier alpha value is -2.08. The van der Waals surface area contributed by atoms with Crippen LogP contribution < -0.4 is 0 Å². The summed E-state index contributed by atoms with van der Waals surface area (Å²) in [5, 5.41) is 8.57. The van der Waals surface area contributed by atoms with Gasteiger partial charge >= 0.3 is 0 Å². The predicted octanol–water partition coefficient (Wildman–Crippen LogP) is 2.49. The quantitative estimate of drug-likeness (QED) is 0.728. The number of aromatic amines is 1. The molecule has 1 N–H and O–H groups in total. The standard InChI is InChI=1S/C11H6FN2/c12-10-4-2-1-3-9(10)11-5-8(6-13)7-14-11/h1-5,14H. The van der Waals surface area contributed by atoms with E-state index in [-0.39, 0.29) is 5.82 Å². The van der Waals surface area contributed by atoms with Gasteiger partial charge in [0, 0.05) is 5.56 Å². The summed E-state index contributed by atoms with van der Waals surface area (Å²) in [6, 6.07) is 9.88. The molecule has 0 spiro atoms. The van der Waals surface area contributed by atoms with Crippen LogP contribution >= 0.6 is 0 Å². The van der Waals surface area contributed by atoms with E-state index in [0.717, 1.165) is 0 Å². The zero-order valence-corrected chi connectivity index (χ0v) is 7.21. The van der Waals surface area contributed by atoms with E-state index >= 15 is 0 Å². The average Bonchev–Trinajstić information content (AvgIpc) is 2.67. The summed E-state index contributed by atoms with van der Waals surface area (Å²) in [5.41, 5.74) is 1.40. The Bertz CT molecular complexity index is 494. The molecule has 14 heavy (non-hydrogen) atoms. The molecule has 1 aromatic carbocycles.